The zero-order valence-electron chi connectivity index (χ0n) is 11.0. The number of hydrogen-bond acceptors (Lipinski definition) is 2. The topological polar surface area (TPSA) is 38.3 Å². The van der Waals surface area contributed by atoms with Gasteiger partial charge in [0.05, 0.1) is 12.0 Å². The summed E-state index contributed by atoms with van der Waals surface area (Å²) in [7, 11) is 1.66. The number of carbonyl (C=O) groups excluding carboxylic acids is 1. The van der Waals surface area contributed by atoms with E-state index in [0.29, 0.717) is 19.6 Å². The molecule has 0 radical (unpaired) electrons. The van der Waals surface area contributed by atoms with Gasteiger partial charge in [-0.05, 0) is 24.5 Å². The van der Waals surface area contributed by atoms with Crippen molar-refractivity contribution < 1.29 is 9.53 Å². The molecule has 1 N–H and O–H groups in total. The predicted molar refractivity (Wildman–Crippen MR) is 76.2 cm³/mol. The van der Waals surface area contributed by atoms with Gasteiger partial charge in [-0.2, -0.15) is 0 Å². The van der Waals surface area contributed by atoms with Gasteiger partial charge in [-0.1, -0.05) is 24.3 Å². The van der Waals surface area contributed by atoms with Crippen LogP contribution in [0.1, 0.15) is 24.5 Å². The van der Waals surface area contributed by atoms with Crippen molar-refractivity contribution in [1.29, 1.82) is 0 Å². The van der Waals surface area contributed by atoms with E-state index in [4.69, 9.17) is 27.9 Å². The van der Waals surface area contributed by atoms with Crippen LogP contribution in [0.15, 0.2) is 24.3 Å². The summed E-state index contributed by atoms with van der Waals surface area (Å²) in [5, 5.41) is 2.88. The second-order valence-corrected chi connectivity index (χ2v) is 6.63. The largest absolute Gasteiger partial charge is 0.380 e. The van der Waals surface area contributed by atoms with Gasteiger partial charge in [0.2, 0.25) is 5.91 Å². The zero-order chi connectivity index (χ0) is 14.1. The third-order valence-electron chi connectivity index (χ3n) is 3.51. The predicted octanol–water partition coefficient (Wildman–Crippen LogP) is 3.03. The zero-order valence-corrected chi connectivity index (χ0v) is 12.5. The monoisotopic (exact) mass is 301 g/mol. The molecule has 1 saturated carbocycles. The minimum absolute atomic E-state index is 0.102. The number of benzene rings is 1. The van der Waals surface area contributed by atoms with Gasteiger partial charge in [0.25, 0.3) is 0 Å². The molecular weight excluding hydrogens is 285 g/mol. The van der Waals surface area contributed by atoms with Crippen LogP contribution in [0.3, 0.4) is 0 Å². The summed E-state index contributed by atoms with van der Waals surface area (Å²) >= 11 is 12.0. The highest BCUT2D eigenvalue weighted by atomic mass is 35.5. The van der Waals surface area contributed by atoms with Crippen molar-refractivity contribution in [1.82, 2.24) is 5.32 Å². The molecule has 0 saturated heterocycles. The Labute approximate surface area is 123 Å². The van der Waals surface area contributed by atoms with Crippen LogP contribution in [0.5, 0.6) is 0 Å². The second kappa shape index (κ2) is 5.31. The van der Waals surface area contributed by atoms with E-state index in [1.165, 1.54) is 0 Å². The van der Waals surface area contributed by atoms with E-state index in [0.717, 1.165) is 11.1 Å². The average Bonchev–Trinajstić information content (AvgIpc) is 2.88. The van der Waals surface area contributed by atoms with Crippen molar-refractivity contribution in [3.63, 3.8) is 0 Å². The summed E-state index contributed by atoms with van der Waals surface area (Å²) < 4.78 is 4.16. The number of halogens is 2. The van der Waals surface area contributed by atoms with Crippen LogP contribution in [0, 0.1) is 5.41 Å². The van der Waals surface area contributed by atoms with E-state index < -0.39 is 9.75 Å². The molecule has 0 spiro atoms. The molecule has 0 aromatic heterocycles. The molecule has 104 valence electrons. The van der Waals surface area contributed by atoms with Gasteiger partial charge in [-0.15, -0.1) is 23.2 Å². The maximum absolute atomic E-state index is 12.0. The summed E-state index contributed by atoms with van der Waals surface area (Å²) in [6.45, 7) is 2.81. The summed E-state index contributed by atoms with van der Waals surface area (Å²) in [4.78, 5) is 12.0. The molecule has 1 fully saturated rings. The van der Waals surface area contributed by atoms with E-state index in [1.54, 1.807) is 14.0 Å². The normalized spacial score (nSPS) is 24.0. The van der Waals surface area contributed by atoms with E-state index in [9.17, 15) is 4.79 Å². The Hall–Kier alpha value is -0.770. The third kappa shape index (κ3) is 3.04. The first kappa shape index (κ1) is 14.6. The third-order valence-corrected chi connectivity index (χ3v) is 4.62. The van der Waals surface area contributed by atoms with Gasteiger partial charge in [0.1, 0.15) is 4.33 Å². The number of alkyl halides is 2. The Morgan fingerprint density at radius 3 is 2.63 bits per heavy atom. The van der Waals surface area contributed by atoms with Crippen LogP contribution >= 0.6 is 23.2 Å². The molecular formula is C14H17Cl2NO2. The molecule has 1 amide bonds. The minimum Gasteiger partial charge on any atom is -0.380 e. The molecule has 1 atom stereocenters. The Morgan fingerprint density at radius 2 is 2.05 bits per heavy atom. The molecule has 0 aliphatic heterocycles. The average molecular weight is 302 g/mol. The molecule has 0 bridgehead atoms. The van der Waals surface area contributed by atoms with Crippen LogP contribution in [-0.4, -0.2) is 17.4 Å². The SMILES string of the molecule is COCc1cccc(CNC(=O)[C@@]2(C)CC2(Cl)Cl)c1. The van der Waals surface area contributed by atoms with E-state index in [1.807, 2.05) is 24.3 Å². The van der Waals surface area contributed by atoms with Crippen LogP contribution in [0.25, 0.3) is 0 Å². The molecule has 1 aliphatic carbocycles. The van der Waals surface area contributed by atoms with Crippen molar-refractivity contribution in [3.05, 3.63) is 35.4 Å². The van der Waals surface area contributed by atoms with Crippen molar-refractivity contribution >= 4 is 29.1 Å². The van der Waals surface area contributed by atoms with Crippen molar-refractivity contribution in [2.45, 2.75) is 30.8 Å². The molecule has 0 heterocycles. The van der Waals surface area contributed by atoms with Crippen LogP contribution in [0.2, 0.25) is 0 Å². The van der Waals surface area contributed by atoms with E-state index in [-0.39, 0.29) is 5.91 Å². The Morgan fingerprint density at radius 1 is 1.42 bits per heavy atom. The van der Waals surface area contributed by atoms with Gasteiger partial charge in [0.15, 0.2) is 0 Å². The fourth-order valence-electron chi connectivity index (χ4n) is 2.02. The fourth-order valence-corrected chi connectivity index (χ4v) is 2.73. The number of ether oxygens (including phenoxy) is 1. The van der Waals surface area contributed by atoms with Crippen LogP contribution in [0.4, 0.5) is 0 Å². The van der Waals surface area contributed by atoms with Gasteiger partial charge in [0, 0.05) is 13.7 Å². The van der Waals surface area contributed by atoms with Crippen molar-refractivity contribution in [2.75, 3.05) is 7.11 Å². The maximum atomic E-state index is 12.0. The second-order valence-electron chi connectivity index (χ2n) is 5.15. The first-order valence-electron chi connectivity index (χ1n) is 6.12. The standard InChI is InChI=1S/C14H17Cl2NO2/c1-13(9-14(13,15)16)12(18)17-7-10-4-3-5-11(6-10)8-19-2/h3-6H,7-9H2,1-2H3,(H,17,18)/t13-/m1/s1. The quantitative estimate of drug-likeness (QED) is 0.849. The number of nitrogens with one attached hydrogen (secondary N) is 1. The molecule has 3 nitrogen and oxygen atoms in total. The molecule has 1 aromatic carbocycles. The number of rotatable bonds is 5. The van der Waals surface area contributed by atoms with Gasteiger partial charge < -0.3 is 10.1 Å². The summed E-state index contributed by atoms with van der Waals surface area (Å²) in [6, 6.07) is 7.90. The molecule has 5 heteroatoms. The summed E-state index contributed by atoms with van der Waals surface area (Å²) in [5.74, 6) is -0.102. The molecule has 1 aromatic rings. The number of hydrogen-bond donors (Lipinski definition) is 1. The maximum Gasteiger partial charge on any atom is 0.229 e. The lowest BCUT2D eigenvalue weighted by atomic mass is 10.1. The Balaban J connectivity index is 1.92. The lowest BCUT2D eigenvalue weighted by Gasteiger charge is -2.13. The van der Waals surface area contributed by atoms with E-state index >= 15 is 0 Å². The van der Waals surface area contributed by atoms with E-state index in [2.05, 4.69) is 5.32 Å². The molecule has 19 heavy (non-hydrogen) atoms. The molecule has 0 unspecified atom stereocenters. The number of amides is 1. The van der Waals surface area contributed by atoms with Crippen LogP contribution < -0.4 is 5.32 Å². The highest BCUT2D eigenvalue weighted by Gasteiger charge is 2.67. The summed E-state index contributed by atoms with van der Waals surface area (Å²) in [6.07, 6.45) is 0.499. The van der Waals surface area contributed by atoms with Gasteiger partial charge in [-0.25, -0.2) is 0 Å². The fraction of sp³-hybridized carbons (Fsp3) is 0.500. The van der Waals surface area contributed by atoms with Gasteiger partial charge in [-0.3, -0.25) is 4.79 Å². The van der Waals surface area contributed by atoms with Crippen LogP contribution in [-0.2, 0) is 22.7 Å². The van der Waals surface area contributed by atoms with Crippen molar-refractivity contribution in [2.24, 2.45) is 5.41 Å². The van der Waals surface area contributed by atoms with Gasteiger partial charge >= 0.3 is 0 Å². The lowest BCUT2D eigenvalue weighted by molar-refractivity contribution is -0.125. The Bertz CT molecular complexity index is 490. The first-order chi connectivity index (χ1) is 8.89. The number of methoxy groups -OCH3 is 1. The molecule has 1 aliphatic rings. The minimum atomic E-state index is -0.922. The highest BCUT2D eigenvalue weighted by molar-refractivity contribution is 6.53. The Kier molecular flexibility index (Phi) is 4.09. The number of carbonyl (C=O) groups is 1. The highest BCUT2D eigenvalue weighted by Crippen LogP contribution is 2.63. The first-order valence-corrected chi connectivity index (χ1v) is 6.87. The summed E-state index contributed by atoms with van der Waals surface area (Å²) in [5.41, 5.74) is 1.44. The van der Waals surface area contributed by atoms with Crippen molar-refractivity contribution in [3.8, 4) is 0 Å². The lowest BCUT2D eigenvalue weighted by Crippen LogP contribution is -2.32. The molecule has 2 rings (SSSR count). The smallest absolute Gasteiger partial charge is 0.229 e.